The molecule has 1 unspecified atom stereocenters. The highest BCUT2D eigenvalue weighted by Gasteiger charge is 2.45. The van der Waals surface area contributed by atoms with Crippen LogP contribution in [0.4, 0.5) is 0 Å². The number of carbonyl (C=O) groups is 1. The Morgan fingerprint density at radius 2 is 1.82 bits per heavy atom. The molecule has 1 saturated carbocycles. The Kier molecular flexibility index (Phi) is 3.07. The molecule has 2 heteroatoms. The number of carbonyl (C=O) groups excluding carboxylic acids is 1. The van der Waals surface area contributed by atoms with E-state index in [-0.39, 0.29) is 11.7 Å². The molecule has 0 radical (unpaired) electrons. The quantitative estimate of drug-likeness (QED) is 0.816. The summed E-state index contributed by atoms with van der Waals surface area (Å²) in [5.74, 6) is 2.17. The molecule has 0 heterocycles. The minimum Gasteiger partial charge on any atom is -0.497 e. The number of ether oxygens (including phenoxy) is 1. The molecule has 0 aliphatic heterocycles. The van der Waals surface area contributed by atoms with E-state index < -0.39 is 0 Å². The van der Waals surface area contributed by atoms with Crippen LogP contribution >= 0.6 is 0 Å². The number of benzene rings is 2. The number of ketones is 1. The molecule has 1 fully saturated rings. The summed E-state index contributed by atoms with van der Waals surface area (Å²) in [6.07, 6.45) is 2.23. The molecular formula is C20H20O2. The molecule has 0 aromatic heterocycles. The second kappa shape index (κ2) is 4.98. The first-order valence-corrected chi connectivity index (χ1v) is 7.96. The zero-order valence-electron chi connectivity index (χ0n) is 13.0. The summed E-state index contributed by atoms with van der Waals surface area (Å²) < 4.78 is 5.34. The van der Waals surface area contributed by atoms with Crippen molar-refractivity contribution in [1.82, 2.24) is 0 Å². The van der Waals surface area contributed by atoms with E-state index in [1.807, 2.05) is 24.3 Å². The zero-order chi connectivity index (χ0) is 15.3. The predicted octanol–water partition coefficient (Wildman–Crippen LogP) is 4.48. The normalized spacial score (nSPS) is 25.9. The number of hydrogen-bond donors (Lipinski definition) is 0. The maximum Gasteiger partial charge on any atom is 0.170 e. The molecule has 2 bridgehead atoms. The number of fused-ring (bicyclic) bond motifs is 1. The van der Waals surface area contributed by atoms with Crippen LogP contribution in [-0.2, 0) is 0 Å². The highest BCUT2D eigenvalue weighted by molar-refractivity contribution is 6.03. The van der Waals surface area contributed by atoms with Gasteiger partial charge in [0.2, 0.25) is 0 Å². The largest absolute Gasteiger partial charge is 0.497 e. The Labute approximate surface area is 131 Å². The molecule has 2 aromatic carbocycles. The minimum atomic E-state index is 0.0205. The number of Topliss-reactive ketones (excluding diaryl/α,β-unsaturated/α-hetero) is 1. The van der Waals surface area contributed by atoms with Gasteiger partial charge in [-0.1, -0.05) is 24.3 Å². The van der Waals surface area contributed by atoms with E-state index in [0.29, 0.717) is 11.8 Å². The van der Waals surface area contributed by atoms with E-state index >= 15 is 0 Å². The van der Waals surface area contributed by atoms with Gasteiger partial charge in [0, 0.05) is 5.56 Å². The van der Waals surface area contributed by atoms with E-state index in [2.05, 4.69) is 25.1 Å². The van der Waals surface area contributed by atoms with Crippen molar-refractivity contribution < 1.29 is 9.53 Å². The van der Waals surface area contributed by atoms with Crippen LogP contribution in [0.15, 0.2) is 42.5 Å². The molecule has 0 saturated heterocycles. The molecule has 1 atom stereocenters. The second-order valence-electron chi connectivity index (χ2n) is 6.58. The van der Waals surface area contributed by atoms with E-state index in [1.54, 1.807) is 7.11 Å². The molecule has 22 heavy (non-hydrogen) atoms. The fourth-order valence-corrected chi connectivity index (χ4v) is 4.13. The third-order valence-corrected chi connectivity index (χ3v) is 5.42. The molecule has 112 valence electrons. The average Bonchev–Trinajstić information content (AvgIpc) is 2.68. The van der Waals surface area contributed by atoms with Crippen LogP contribution in [0.25, 0.3) is 0 Å². The first-order chi connectivity index (χ1) is 10.7. The van der Waals surface area contributed by atoms with Gasteiger partial charge in [0.15, 0.2) is 5.78 Å². The summed E-state index contributed by atoms with van der Waals surface area (Å²) in [5, 5.41) is 0. The first kappa shape index (κ1) is 13.6. The van der Waals surface area contributed by atoms with Gasteiger partial charge in [0.05, 0.1) is 13.0 Å². The van der Waals surface area contributed by atoms with Crippen LogP contribution in [0.3, 0.4) is 0 Å². The summed E-state index contributed by atoms with van der Waals surface area (Å²) in [4.78, 5) is 13.2. The molecule has 2 nitrogen and oxygen atoms in total. The topological polar surface area (TPSA) is 26.3 Å². The van der Waals surface area contributed by atoms with Crippen molar-refractivity contribution in [2.75, 3.05) is 7.11 Å². The van der Waals surface area contributed by atoms with Gasteiger partial charge in [-0.2, -0.15) is 0 Å². The SMILES string of the molecule is COc1ccc2c(c1)C1CC(C1)C(c1ccccc1C)C2=O. The van der Waals surface area contributed by atoms with Gasteiger partial charge in [-0.3, -0.25) is 4.79 Å². The molecule has 2 aromatic rings. The van der Waals surface area contributed by atoms with Crippen LogP contribution in [0.1, 0.15) is 51.7 Å². The van der Waals surface area contributed by atoms with Gasteiger partial charge in [-0.15, -0.1) is 0 Å². The Balaban J connectivity index is 1.83. The standard InChI is InChI=1S/C20H20O2/c1-12-5-3-4-6-16(12)19-14-9-13(10-14)18-11-15(22-2)7-8-17(18)20(19)21/h3-8,11,13-14,19H,9-10H2,1-2H3. The summed E-state index contributed by atoms with van der Waals surface area (Å²) >= 11 is 0. The molecule has 0 N–H and O–H groups in total. The Morgan fingerprint density at radius 1 is 1.05 bits per heavy atom. The van der Waals surface area contributed by atoms with E-state index in [4.69, 9.17) is 4.74 Å². The highest BCUT2D eigenvalue weighted by Crippen LogP contribution is 2.54. The molecule has 3 aliphatic carbocycles. The minimum absolute atomic E-state index is 0.0205. The lowest BCUT2D eigenvalue weighted by Crippen LogP contribution is -2.28. The van der Waals surface area contributed by atoms with Crippen molar-refractivity contribution in [1.29, 1.82) is 0 Å². The van der Waals surface area contributed by atoms with Crippen LogP contribution in [0.2, 0.25) is 0 Å². The van der Waals surface area contributed by atoms with Gasteiger partial charge >= 0.3 is 0 Å². The van der Waals surface area contributed by atoms with Gasteiger partial charge < -0.3 is 4.74 Å². The number of methoxy groups -OCH3 is 1. The summed E-state index contributed by atoms with van der Waals surface area (Å²) in [6, 6.07) is 14.3. The zero-order valence-corrected chi connectivity index (χ0v) is 13.0. The monoisotopic (exact) mass is 292 g/mol. The van der Waals surface area contributed by atoms with Gasteiger partial charge in [-0.25, -0.2) is 0 Å². The van der Waals surface area contributed by atoms with Crippen molar-refractivity contribution in [2.24, 2.45) is 5.92 Å². The van der Waals surface area contributed by atoms with Crippen LogP contribution < -0.4 is 4.74 Å². The van der Waals surface area contributed by atoms with Gasteiger partial charge in [0.25, 0.3) is 0 Å². The number of hydrogen-bond acceptors (Lipinski definition) is 2. The molecule has 0 spiro atoms. The first-order valence-electron chi connectivity index (χ1n) is 7.96. The third-order valence-electron chi connectivity index (χ3n) is 5.42. The lowest BCUT2D eigenvalue weighted by molar-refractivity contribution is 0.0901. The fraction of sp³-hybridized carbons (Fsp3) is 0.350. The fourth-order valence-electron chi connectivity index (χ4n) is 4.13. The summed E-state index contributed by atoms with van der Waals surface area (Å²) in [7, 11) is 1.68. The Bertz CT molecular complexity index is 741. The van der Waals surface area contributed by atoms with E-state index in [1.165, 1.54) is 16.7 Å². The van der Waals surface area contributed by atoms with Crippen molar-refractivity contribution in [3.63, 3.8) is 0 Å². The maximum atomic E-state index is 13.2. The van der Waals surface area contributed by atoms with E-state index in [9.17, 15) is 4.79 Å². The molecule has 3 aliphatic rings. The Morgan fingerprint density at radius 3 is 2.55 bits per heavy atom. The third kappa shape index (κ3) is 1.90. The van der Waals surface area contributed by atoms with Crippen LogP contribution in [0.5, 0.6) is 5.75 Å². The lowest BCUT2D eigenvalue weighted by Gasteiger charge is -2.37. The van der Waals surface area contributed by atoms with Crippen molar-refractivity contribution in [2.45, 2.75) is 31.6 Å². The molecule has 0 amide bonds. The van der Waals surface area contributed by atoms with Crippen molar-refractivity contribution in [3.8, 4) is 5.75 Å². The van der Waals surface area contributed by atoms with E-state index in [0.717, 1.165) is 24.2 Å². The summed E-state index contributed by atoms with van der Waals surface area (Å²) in [6.45, 7) is 2.11. The molecule has 5 rings (SSSR count). The number of rotatable bonds is 2. The van der Waals surface area contributed by atoms with Gasteiger partial charge in [-0.05, 0) is 66.5 Å². The van der Waals surface area contributed by atoms with Crippen LogP contribution in [-0.4, -0.2) is 12.9 Å². The number of aryl methyl sites for hydroxylation is 1. The average molecular weight is 292 g/mol. The summed E-state index contributed by atoms with van der Waals surface area (Å²) in [5.41, 5.74) is 4.52. The smallest absolute Gasteiger partial charge is 0.170 e. The maximum absolute atomic E-state index is 13.2. The van der Waals surface area contributed by atoms with Gasteiger partial charge in [0.1, 0.15) is 5.75 Å². The second-order valence-corrected chi connectivity index (χ2v) is 6.58. The molecular weight excluding hydrogens is 272 g/mol. The predicted molar refractivity (Wildman–Crippen MR) is 86.7 cm³/mol. The van der Waals surface area contributed by atoms with Crippen LogP contribution in [0, 0.1) is 12.8 Å². The lowest BCUT2D eigenvalue weighted by atomic mass is 9.66. The van der Waals surface area contributed by atoms with Crippen molar-refractivity contribution >= 4 is 5.78 Å². The van der Waals surface area contributed by atoms with Crippen molar-refractivity contribution in [3.05, 3.63) is 64.7 Å². The highest BCUT2D eigenvalue weighted by atomic mass is 16.5. The Hall–Kier alpha value is -2.09.